The van der Waals surface area contributed by atoms with Crippen LogP contribution in [0.4, 0.5) is 0 Å². The van der Waals surface area contributed by atoms with E-state index in [0.29, 0.717) is 17.2 Å². The van der Waals surface area contributed by atoms with Gasteiger partial charge in [-0.2, -0.15) is 0 Å². The maximum atomic E-state index is 9.70. The van der Waals surface area contributed by atoms with E-state index in [1.165, 1.54) is 25.7 Å². The van der Waals surface area contributed by atoms with Gasteiger partial charge in [-0.1, -0.05) is 38.5 Å². The largest absolute Gasteiger partial charge is 0.508 e. The van der Waals surface area contributed by atoms with Gasteiger partial charge in [0.25, 0.3) is 0 Å². The minimum Gasteiger partial charge on any atom is -0.508 e. The van der Waals surface area contributed by atoms with E-state index >= 15 is 0 Å². The smallest absolute Gasteiger partial charge is 0.120 e. The van der Waals surface area contributed by atoms with Crippen molar-refractivity contribution >= 4 is 0 Å². The Morgan fingerprint density at radius 2 is 2.12 bits per heavy atom. The van der Waals surface area contributed by atoms with Gasteiger partial charge in [-0.05, 0) is 30.7 Å². The maximum Gasteiger partial charge on any atom is 0.120 e. The summed E-state index contributed by atoms with van der Waals surface area (Å²) in [6, 6.07) is 8.17. The molecule has 0 bridgehead atoms. The van der Waals surface area contributed by atoms with Crippen molar-refractivity contribution in [3.8, 4) is 5.75 Å². The Balaban J connectivity index is 1.88. The van der Waals surface area contributed by atoms with Gasteiger partial charge >= 0.3 is 0 Å². The highest BCUT2D eigenvalue weighted by Crippen LogP contribution is 2.35. The summed E-state index contributed by atoms with van der Waals surface area (Å²) in [6.45, 7) is 5.47. The summed E-state index contributed by atoms with van der Waals surface area (Å²) in [7, 11) is 0. The van der Waals surface area contributed by atoms with Gasteiger partial charge < -0.3 is 10.4 Å². The number of nitrogens with one attached hydrogen (secondary N) is 1. The normalized spacial score (nSPS) is 23.5. The first-order valence-electron chi connectivity index (χ1n) is 6.57. The zero-order valence-electron chi connectivity index (χ0n) is 10.9. The summed E-state index contributed by atoms with van der Waals surface area (Å²) in [6.07, 6.45) is 5.14. The molecule has 1 saturated carbocycles. The van der Waals surface area contributed by atoms with Gasteiger partial charge in [0.05, 0.1) is 0 Å². The summed E-state index contributed by atoms with van der Waals surface area (Å²) >= 11 is 0. The predicted octanol–water partition coefficient (Wildman–Crippen LogP) is 3.45. The summed E-state index contributed by atoms with van der Waals surface area (Å²) < 4.78 is 0. The van der Waals surface area contributed by atoms with Gasteiger partial charge in [-0.3, -0.25) is 0 Å². The number of phenolic OH excluding ortho intramolecular Hbond substituents is 1. The molecule has 1 aromatic rings. The molecule has 1 fully saturated rings. The highest BCUT2D eigenvalue weighted by Gasteiger charge is 2.27. The van der Waals surface area contributed by atoms with Crippen LogP contribution in [0, 0.1) is 5.41 Å². The fraction of sp³-hybridized carbons (Fsp3) is 0.600. The Morgan fingerprint density at radius 1 is 1.35 bits per heavy atom. The Morgan fingerprint density at radius 3 is 2.82 bits per heavy atom. The predicted molar refractivity (Wildman–Crippen MR) is 71.0 cm³/mol. The molecule has 0 saturated heterocycles. The first kappa shape index (κ1) is 12.4. The molecule has 1 aliphatic carbocycles. The molecule has 1 unspecified atom stereocenters. The zero-order chi connectivity index (χ0) is 12.3. The maximum absolute atomic E-state index is 9.70. The van der Waals surface area contributed by atoms with Crippen molar-refractivity contribution in [2.24, 2.45) is 5.41 Å². The number of para-hydroxylation sites is 1. The van der Waals surface area contributed by atoms with E-state index in [9.17, 15) is 5.11 Å². The lowest BCUT2D eigenvalue weighted by Gasteiger charge is -2.35. The molecule has 17 heavy (non-hydrogen) atoms. The molecule has 1 aliphatic rings. The van der Waals surface area contributed by atoms with Crippen LogP contribution in [0.2, 0.25) is 0 Å². The molecule has 2 rings (SSSR count). The van der Waals surface area contributed by atoms with Crippen LogP contribution in [0.25, 0.3) is 0 Å². The van der Waals surface area contributed by atoms with Crippen LogP contribution in [-0.4, -0.2) is 11.1 Å². The average molecular weight is 233 g/mol. The number of hydrogen-bond acceptors (Lipinski definition) is 2. The summed E-state index contributed by atoms with van der Waals surface area (Å²) in [5, 5.41) is 13.3. The van der Waals surface area contributed by atoms with Crippen molar-refractivity contribution in [2.45, 2.75) is 52.1 Å². The third kappa shape index (κ3) is 3.47. The van der Waals surface area contributed by atoms with Crippen molar-refractivity contribution in [3.63, 3.8) is 0 Å². The molecule has 2 heteroatoms. The molecule has 1 atom stereocenters. The van der Waals surface area contributed by atoms with E-state index in [1.54, 1.807) is 6.07 Å². The molecule has 94 valence electrons. The quantitative estimate of drug-likeness (QED) is 0.838. The Kier molecular flexibility index (Phi) is 3.72. The number of phenols is 1. The van der Waals surface area contributed by atoms with E-state index in [4.69, 9.17) is 0 Å². The molecule has 2 N–H and O–H groups in total. The SMILES string of the molecule is CC1(C)CCCC(NCc2ccccc2O)C1. The van der Waals surface area contributed by atoms with E-state index in [0.717, 1.165) is 12.1 Å². The van der Waals surface area contributed by atoms with E-state index < -0.39 is 0 Å². The van der Waals surface area contributed by atoms with Gasteiger partial charge in [0.1, 0.15) is 5.75 Å². The number of rotatable bonds is 3. The lowest BCUT2D eigenvalue weighted by molar-refractivity contribution is 0.197. The van der Waals surface area contributed by atoms with Crippen LogP contribution < -0.4 is 5.32 Å². The third-order valence-electron chi connectivity index (χ3n) is 3.78. The number of benzene rings is 1. The van der Waals surface area contributed by atoms with Gasteiger partial charge in [-0.15, -0.1) is 0 Å². The first-order valence-corrected chi connectivity index (χ1v) is 6.57. The molecule has 0 aromatic heterocycles. The number of aromatic hydroxyl groups is 1. The van der Waals surface area contributed by atoms with Crippen molar-refractivity contribution in [1.82, 2.24) is 5.32 Å². The molecule has 0 radical (unpaired) electrons. The average Bonchev–Trinajstić information content (AvgIpc) is 2.27. The van der Waals surface area contributed by atoms with Gasteiger partial charge in [0.15, 0.2) is 0 Å². The Hall–Kier alpha value is -1.02. The van der Waals surface area contributed by atoms with Crippen LogP contribution in [0.3, 0.4) is 0 Å². The molecule has 0 spiro atoms. The van der Waals surface area contributed by atoms with Crippen LogP contribution in [-0.2, 0) is 6.54 Å². The van der Waals surface area contributed by atoms with Crippen molar-refractivity contribution < 1.29 is 5.11 Å². The second kappa shape index (κ2) is 5.09. The Labute approximate surface area is 104 Å². The van der Waals surface area contributed by atoms with Crippen LogP contribution in [0.15, 0.2) is 24.3 Å². The molecule has 1 aromatic carbocycles. The van der Waals surface area contributed by atoms with Crippen LogP contribution in [0.5, 0.6) is 5.75 Å². The summed E-state index contributed by atoms with van der Waals surface area (Å²) in [5.74, 6) is 0.398. The highest BCUT2D eigenvalue weighted by atomic mass is 16.3. The summed E-state index contributed by atoms with van der Waals surface area (Å²) in [4.78, 5) is 0. The monoisotopic (exact) mass is 233 g/mol. The molecular formula is C15H23NO. The van der Waals surface area contributed by atoms with Gasteiger partial charge in [0, 0.05) is 18.2 Å². The van der Waals surface area contributed by atoms with Gasteiger partial charge in [-0.25, -0.2) is 0 Å². The standard InChI is InChI=1S/C15H23NO/c1-15(2)9-5-7-13(10-15)16-11-12-6-3-4-8-14(12)17/h3-4,6,8,13,16-17H,5,7,9-11H2,1-2H3. The minimum absolute atomic E-state index is 0.398. The lowest BCUT2D eigenvalue weighted by atomic mass is 9.75. The van der Waals surface area contributed by atoms with Crippen LogP contribution >= 0.6 is 0 Å². The fourth-order valence-corrected chi connectivity index (χ4v) is 2.79. The molecule has 0 heterocycles. The fourth-order valence-electron chi connectivity index (χ4n) is 2.79. The van der Waals surface area contributed by atoms with Crippen molar-refractivity contribution in [1.29, 1.82) is 0 Å². The van der Waals surface area contributed by atoms with Crippen molar-refractivity contribution in [2.75, 3.05) is 0 Å². The molecular weight excluding hydrogens is 210 g/mol. The number of hydrogen-bond donors (Lipinski definition) is 2. The highest BCUT2D eigenvalue weighted by molar-refractivity contribution is 5.31. The summed E-state index contributed by atoms with van der Waals surface area (Å²) in [5.41, 5.74) is 1.46. The van der Waals surface area contributed by atoms with Gasteiger partial charge in [0.2, 0.25) is 0 Å². The molecule has 0 aliphatic heterocycles. The molecule has 0 amide bonds. The zero-order valence-corrected chi connectivity index (χ0v) is 10.9. The second-order valence-electron chi connectivity index (χ2n) is 5.97. The topological polar surface area (TPSA) is 32.3 Å². The van der Waals surface area contributed by atoms with E-state index in [1.807, 2.05) is 18.2 Å². The van der Waals surface area contributed by atoms with E-state index in [2.05, 4.69) is 19.2 Å². The first-order chi connectivity index (χ1) is 8.07. The minimum atomic E-state index is 0.398. The molecule has 2 nitrogen and oxygen atoms in total. The second-order valence-corrected chi connectivity index (χ2v) is 5.97. The van der Waals surface area contributed by atoms with Crippen molar-refractivity contribution in [3.05, 3.63) is 29.8 Å². The van der Waals surface area contributed by atoms with E-state index in [-0.39, 0.29) is 0 Å². The van der Waals surface area contributed by atoms with Crippen LogP contribution in [0.1, 0.15) is 45.1 Å². The third-order valence-corrected chi connectivity index (χ3v) is 3.78. The lowest BCUT2D eigenvalue weighted by Crippen LogP contribution is -2.36. The Bertz CT molecular complexity index is 373.